The quantitative estimate of drug-likeness (QED) is 0.523. The Hall–Kier alpha value is -0.700. The van der Waals surface area contributed by atoms with Gasteiger partial charge in [-0.15, -0.1) is 0 Å². The summed E-state index contributed by atoms with van der Waals surface area (Å²) in [6.45, 7) is 4.36. The second kappa shape index (κ2) is 9.24. The second-order valence-corrected chi connectivity index (χ2v) is 6.44. The van der Waals surface area contributed by atoms with Gasteiger partial charge in [-0.1, -0.05) is 13.8 Å². The van der Waals surface area contributed by atoms with Gasteiger partial charge in [0.05, 0.1) is 25.6 Å². The molecule has 0 spiro atoms. The van der Waals surface area contributed by atoms with Crippen molar-refractivity contribution in [3.63, 3.8) is 0 Å². The summed E-state index contributed by atoms with van der Waals surface area (Å²) in [5, 5.41) is 8.95. The molecule has 2 N–H and O–H groups in total. The van der Waals surface area contributed by atoms with E-state index >= 15 is 0 Å². The first-order valence-corrected chi connectivity index (χ1v) is 7.73. The Labute approximate surface area is 114 Å². The van der Waals surface area contributed by atoms with Gasteiger partial charge in [0, 0.05) is 7.11 Å². The minimum absolute atomic E-state index is 0.00666. The molecule has 0 bridgehead atoms. The lowest BCUT2D eigenvalue weighted by molar-refractivity contribution is -0.139. The average molecular weight is 297 g/mol. The third-order valence-electron chi connectivity index (χ3n) is 2.26. The summed E-state index contributed by atoms with van der Waals surface area (Å²) < 4.78 is 35.3. The Morgan fingerprint density at radius 3 is 2.37 bits per heavy atom. The van der Waals surface area contributed by atoms with Crippen molar-refractivity contribution in [1.29, 1.82) is 0 Å². The van der Waals surface area contributed by atoms with E-state index in [-0.39, 0.29) is 24.7 Å². The van der Waals surface area contributed by atoms with Crippen LogP contribution in [0.3, 0.4) is 0 Å². The number of rotatable bonds is 11. The molecule has 1 unspecified atom stereocenters. The highest BCUT2D eigenvalue weighted by Gasteiger charge is 2.24. The highest BCUT2D eigenvalue weighted by atomic mass is 32.2. The lowest BCUT2D eigenvalue weighted by Crippen LogP contribution is -2.43. The first kappa shape index (κ1) is 18.3. The number of nitrogens with one attached hydrogen (secondary N) is 1. The smallest absolute Gasteiger partial charge is 0.321 e. The largest absolute Gasteiger partial charge is 0.480 e. The Kier molecular flexibility index (Phi) is 8.90. The summed E-state index contributed by atoms with van der Waals surface area (Å²) in [4.78, 5) is 11.0. The zero-order valence-corrected chi connectivity index (χ0v) is 12.4. The molecule has 1 atom stereocenters. The van der Waals surface area contributed by atoms with Gasteiger partial charge < -0.3 is 14.6 Å². The van der Waals surface area contributed by atoms with Gasteiger partial charge in [-0.05, 0) is 12.3 Å². The van der Waals surface area contributed by atoms with Gasteiger partial charge in [0.15, 0.2) is 0 Å². The highest BCUT2D eigenvalue weighted by molar-refractivity contribution is 7.89. The van der Waals surface area contributed by atoms with Crippen molar-refractivity contribution in [3.05, 3.63) is 0 Å². The van der Waals surface area contributed by atoms with Crippen LogP contribution in [-0.4, -0.2) is 58.2 Å². The number of carboxylic acid groups (broad SMARTS) is 1. The zero-order chi connectivity index (χ0) is 14.9. The topological polar surface area (TPSA) is 102 Å². The van der Waals surface area contributed by atoms with Crippen LogP contribution in [-0.2, 0) is 24.3 Å². The van der Waals surface area contributed by atoms with Crippen molar-refractivity contribution in [1.82, 2.24) is 4.72 Å². The van der Waals surface area contributed by atoms with Gasteiger partial charge in [-0.3, -0.25) is 4.79 Å². The third-order valence-corrected chi connectivity index (χ3v) is 3.60. The van der Waals surface area contributed by atoms with E-state index in [0.29, 0.717) is 13.2 Å². The lowest BCUT2D eigenvalue weighted by Gasteiger charge is -2.16. The molecule has 7 nitrogen and oxygen atoms in total. The molecule has 0 aromatic rings. The highest BCUT2D eigenvalue weighted by Crippen LogP contribution is 2.06. The van der Waals surface area contributed by atoms with E-state index < -0.39 is 22.0 Å². The molecular formula is C11H23NO6S. The molecule has 0 aliphatic rings. The average Bonchev–Trinajstić information content (AvgIpc) is 2.26. The molecule has 8 heteroatoms. The fourth-order valence-corrected chi connectivity index (χ4v) is 2.45. The summed E-state index contributed by atoms with van der Waals surface area (Å²) in [5.41, 5.74) is 0. The van der Waals surface area contributed by atoms with Gasteiger partial charge in [-0.2, -0.15) is 0 Å². The standard InChI is InChI=1S/C11H23NO6S/c1-9(2)8-10(11(13)14)12-19(15,16)7-6-18-5-4-17-3/h9-10,12H,4-8H2,1-3H3,(H,13,14). The van der Waals surface area contributed by atoms with Crippen LogP contribution in [0.15, 0.2) is 0 Å². The predicted molar refractivity (Wildman–Crippen MR) is 70.5 cm³/mol. The van der Waals surface area contributed by atoms with Gasteiger partial charge in [0.25, 0.3) is 0 Å². The fourth-order valence-electron chi connectivity index (χ4n) is 1.36. The molecule has 0 amide bonds. The van der Waals surface area contributed by atoms with Crippen LogP contribution in [0.1, 0.15) is 20.3 Å². The summed E-state index contributed by atoms with van der Waals surface area (Å²) in [7, 11) is -2.14. The monoisotopic (exact) mass is 297 g/mol. The molecule has 114 valence electrons. The van der Waals surface area contributed by atoms with Crippen molar-refractivity contribution < 1.29 is 27.8 Å². The van der Waals surface area contributed by atoms with Crippen LogP contribution in [0.2, 0.25) is 0 Å². The molecule has 0 heterocycles. The van der Waals surface area contributed by atoms with Crippen molar-refractivity contribution in [3.8, 4) is 0 Å². The number of carboxylic acids is 1. The summed E-state index contributed by atoms with van der Waals surface area (Å²) in [6.07, 6.45) is 0.249. The van der Waals surface area contributed by atoms with Gasteiger partial charge in [0.1, 0.15) is 6.04 Å². The molecule has 0 aromatic heterocycles. The number of ether oxygens (including phenoxy) is 2. The van der Waals surface area contributed by atoms with E-state index in [1.807, 2.05) is 13.8 Å². The van der Waals surface area contributed by atoms with Crippen LogP contribution in [0.5, 0.6) is 0 Å². The number of aliphatic carboxylic acids is 1. The molecule has 0 aromatic carbocycles. The van der Waals surface area contributed by atoms with Crippen molar-refractivity contribution in [2.45, 2.75) is 26.3 Å². The molecule has 0 aliphatic heterocycles. The van der Waals surface area contributed by atoms with E-state index in [0.717, 1.165) is 0 Å². The first-order chi connectivity index (χ1) is 8.78. The van der Waals surface area contributed by atoms with Crippen LogP contribution in [0.4, 0.5) is 0 Å². The van der Waals surface area contributed by atoms with E-state index in [4.69, 9.17) is 14.6 Å². The molecule has 0 aliphatic carbocycles. The molecule has 0 radical (unpaired) electrons. The van der Waals surface area contributed by atoms with Crippen LogP contribution in [0.25, 0.3) is 0 Å². The molecule has 0 rings (SSSR count). The minimum atomic E-state index is -3.66. The van der Waals surface area contributed by atoms with Crippen molar-refractivity contribution in [2.24, 2.45) is 5.92 Å². The zero-order valence-electron chi connectivity index (χ0n) is 11.6. The maximum absolute atomic E-state index is 11.7. The third kappa shape index (κ3) is 9.83. The summed E-state index contributed by atoms with van der Waals surface area (Å²) in [5.74, 6) is -1.35. The number of hydrogen-bond acceptors (Lipinski definition) is 5. The van der Waals surface area contributed by atoms with Gasteiger partial charge in [0.2, 0.25) is 10.0 Å². The number of hydrogen-bond donors (Lipinski definition) is 2. The fraction of sp³-hybridized carbons (Fsp3) is 0.909. The van der Waals surface area contributed by atoms with E-state index in [2.05, 4.69) is 4.72 Å². The lowest BCUT2D eigenvalue weighted by atomic mass is 10.1. The molecular weight excluding hydrogens is 274 g/mol. The summed E-state index contributed by atoms with van der Waals surface area (Å²) >= 11 is 0. The SMILES string of the molecule is COCCOCCS(=O)(=O)NC(CC(C)C)C(=O)O. The van der Waals surface area contributed by atoms with Gasteiger partial charge in [-0.25, -0.2) is 13.1 Å². The van der Waals surface area contributed by atoms with Gasteiger partial charge >= 0.3 is 5.97 Å². The predicted octanol–water partition coefficient (Wildman–Crippen LogP) is 0.0681. The maximum atomic E-state index is 11.7. The summed E-state index contributed by atoms with van der Waals surface area (Å²) in [6, 6.07) is -1.09. The molecule has 19 heavy (non-hydrogen) atoms. The normalized spacial score (nSPS) is 13.7. The van der Waals surface area contributed by atoms with E-state index in [9.17, 15) is 13.2 Å². The van der Waals surface area contributed by atoms with Crippen molar-refractivity contribution >= 4 is 16.0 Å². The second-order valence-electron chi connectivity index (χ2n) is 4.56. The first-order valence-electron chi connectivity index (χ1n) is 6.08. The number of carbonyl (C=O) groups is 1. The Balaban J connectivity index is 4.20. The van der Waals surface area contributed by atoms with Crippen LogP contribution < -0.4 is 4.72 Å². The Morgan fingerprint density at radius 2 is 1.89 bits per heavy atom. The van der Waals surface area contributed by atoms with Crippen LogP contribution in [0, 0.1) is 5.92 Å². The number of sulfonamides is 1. The molecule has 0 fully saturated rings. The number of methoxy groups -OCH3 is 1. The Bertz CT molecular complexity index is 354. The van der Waals surface area contributed by atoms with E-state index in [1.165, 1.54) is 7.11 Å². The Morgan fingerprint density at radius 1 is 1.26 bits per heavy atom. The maximum Gasteiger partial charge on any atom is 0.321 e. The molecule has 0 saturated carbocycles. The van der Waals surface area contributed by atoms with Crippen LogP contribution >= 0.6 is 0 Å². The van der Waals surface area contributed by atoms with Crippen molar-refractivity contribution in [2.75, 3.05) is 32.7 Å². The molecule has 0 saturated heterocycles. The van der Waals surface area contributed by atoms with E-state index in [1.54, 1.807) is 0 Å². The minimum Gasteiger partial charge on any atom is -0.480 e.